The molecule has 132 valence electrons. The van der Waals surface area contributed by atoms with E-state index in [2.05, 4.69) is 10.6 Å². The first kappa shape index (κ1) is 18.9. The van der Waals surface area contributed by atoms with Crippen molar-refractivity contribution in [1.29, 1.82) is 0 Å². The van der Waals surface area contributed by atoms with Gasteiger partial charge in [-0.25, -0.2) is 0 Å². The van der Waals surface area contributed by atoms with Crippen LogP contribution >= 0.6 is 23.2 Å². The van der Waals surface area contributed by atoms with Gasteiger partial charge in [-0.1, -0.05) is 29.3 Å². The zero-order chi connectivity index (χ0) is 18.2. The van der Waals surface area contributed by atoms with Crippen LogP contribution in [-0.2, 0) is 4.79 Å². The minimum absolute atomic E-state index is 0.0129. The summed E-state index contributed by atoms with van der Waals surface area (Å²) < 4.78 is 5.30. The topological polar surface area (TPSA) is 87.7 Å². The van der Waals surface area contributed by atoms with Gasteiger partial charge in [-0.2, -0.15) is 0 Å². The molecule has 0 bridgehead atoms. The standard InChI is InChI=1S/C17H16Cl2N2O4/c18-12-4-5-15(14(19)9-12)25-10-16(23)20-6-7-21-17(24)11-2-1-3-13(22)8-11/h1-5,8-9,22H,6-7,10H2,(H,20,23)(H,21,24). The first-order valence-electron chi connectivity index (χ1n) is 7.37. The number of ether oxygens (including phenoxy) is 1. The van der Waals surface area contributed by atoms with E-state index in [9.17, 15) is 14.7 Å². The first-order valence-corrected chi connectivity index (χ1v) is 8.13. The molecule has 0 unspecified atom stereocenters. The number of phenolic OH excluding ortho intramolecular Hbond substituents is 1. The highest BCUT2D eigenvalue weighted by atomic mass is 35.5. The van der Waals surface area contributed by atoms with Crippen LogP contribution < -0.4 is 15.4 Å². The van der Waals surface area contributed by atoms with Crippen molar-refractivity contribution in [2.75, 3.05) is 19.7 Å². The van der Waals surface area contributed by atoms with Crippen LogP contribution in [0.1, 0.15) is 10.4 Å². The molecule has 2 aromatic rings. The number of rotatable bonds is 7. The monoisotopic (exact) mass is 382 g/mol. The minimum Gasteiger partial charge on any atom is -0.508 e. The maximum Gasteiger partial charge on any atom is 0.258 e. The van der Waals surface area contributed by atoms with Crippen LogP contribution in [-0.4, -0.2) is 36.6 Å². The van der Waals surface area contributed by atoms with Gasteiger partial charge in [0.15, 0.2) is 6.61 Å². The Balaban J connectivity index is 1.67. The number of hydrogen-bond donors (Lipinski definition) is 3. The summed E-state index contributed by atoms with van der Waals surface area (Å²) in [6, 6.07) is 10.7. The highest BCUT2D eigenvalue weighted by Gasteiger charge is 2.08. The lowest BCUT2D eigenvalue weighted by Crippen LogP contribution is -2.36. The summed E-state index contributed by atoms with van der Waals surface area (Å²) in [4.78, 5) is 23.5. The third-order valence-corrected chi connectivity index (χ3v) is 3.62. The number of benzene rings is 2. The molecule has 0 atom stereocenters. The summed E-state index contributed by atoms with van der Waals surface area (Å²) >= 11 is 11.7. The van der Waals surface area contributed by atoms with E-state index >= 15 is 0 Å². The predicted octanol–water partition coefficient (Wildman–Crippen LogP) is 2.62. The first-order chi connectivity index (χ1) is 12.0. The van der Waals surface area contributed by atoms with Gasteiger partial charge in [0, 0.05) is 23.7 Å². The Kier molecular flexibility index (Phi) is 6.91. The fraction of sp³-hybridized carbons (Fsp3) is 0.176. The molecule has 0 aliphatic carbocycles. The van der Waals surface area contributed by atoms with Gasteiger partial charge in [0.1, 0.15) is 11.5 Å². The molecular weight excluding hydrogens is 367 g/mol. The second kappa shape index (κ2) is 9.15. The lowest BCUT2D eigenvalue weighted by Gasteiger charge is -2.09. The van der Waals surface area contributed by atoms with Gasteiger partial charge in [-0.05, 0) is 36.4 Å². The summed E-state index contributed by atoms with van der Waals surface area (Å²) in [7, 11) is 0. The van der Waals surface area contributed by atoms with Crippen LogP contribution in [0, 0.1) is 0 Å². The van der Waals surface area contributed by atoms with E-state index < -0.39 is 0 Å². The molecule has 0 aliphatic heterocycles. The van der Waals surface area contributed by atoms with Gasteiger partial charge in [-0.3, -0.25) is 9.59 Å². The van der Waals surface area contributed by atoms with Crippen LogP contribution in [0.5, 0.6) is 11.5 Å². The molecule has 3 N–H and O–H groups in total. The van der Waals surface area contributed by atoms with E-state index in [-0.39, 0.29) is 37.3 Å². The summed E-state index contributed by atoms with van der Waals surface area (Å²) in [6.07, 6.45) is 0. The number of amides is 2. The molecule has 2 amide bonds. The molecule has 0 aromatic heterocycles. The molecule has 0 spiro atoms. The molecule has 0 aliphatic rings. The summed E-state index contributed by atoms with van der Waals surface area (Å²) in [5.41, 5.74) is 0.340. The molecular formula is C17H16Cl2N2O4. The van der Waals surface area contributed by atoms with Crippen molar-refractivity contribution in [3.8, 4) is 11.5 Å². The van der Waals surface area contributed by atoms with Gasteiger partial charge < -0.3 is 20.5 Å². The third-order valence-electron chi connectivity index (χ3n) is 3.09. The molecule has 8 heteroatoms. The van der Waals surface area contributed by atoms with E-state index in [0.29, 0.717) is 21.4 Å². The fourth-order valence-electron chi connectivity index (χ4n) is 1.91. The van der Waals surface area contributed by atoms with Crippen LogP contribution in [0.2, 0.25) is 10.0 Å². The highest BCUT2D eigenvalue weighted by molar-refractivity contribution is 6.35. The molecule has 0 saturated carbocycles. The number of nitrogens with one attached hydrogen (secondary N) is 2. The largest absolute Gasteiger partial charge is 0.508 e. The number of halogens is 2. The van der Waals surface area contributed by atoms with E-state index in [1.807, 2.05) is 0 Å². The van der Waals surface area contributed by atoms with Gasteiger partial charge in [0.2, 0.25) is 0 Å². The van der Waals surface area contributed by atoms with Crippen LogP contribution in [0.4, 0.5) is 0 Å². The van der Waals surface area contributed by atoms with Gasteiger partial charge in [-0.15, -0.1) is 0 Å². The number of carbonyl (C=O) groups is 2. The molecule has 0 heterocycles. The predicted molar refractivity (Wildman–Crippen MR) is 95.4 cm³/mol. The van der Waals surface area contributed by atoms with Crippen LogP contribution in [0.15, 0.2) is 42.5 Å². The number of hydrogen-bond acceptors (Lipinski definition) is 4. The van der Waals surface area contributed by atoms with Crippen molar-refractivity contribution in [3.05, 3.63) is 58.1 Å². The zero-order valence-electron chi connectivity index (χ0n) is 13.1. The third kappa shape index (κ3) is 6.17. The molecule has 0 saturated heterocycles. The van der Waals surface area contributed by atoms with Crippen LogP contribution in [0.25, 0.3) is 0 Å². The molecule has 2 rings (SSSR count). The van der Waals surface area contributed by atoms with E-state index in [1.54, 1.807) is 24.3 Å². The zero-order valence-corrected chi connectivity index (χ0v) is 14.6. The van der Waals surface area contributed by atoms with Crippen molar-refractivity contribution in [2.45, 2.75) is 0 Å². The average Bonchev–Trinajstić information content (AvgIpc) is 2.57. The van der Waals surface area contributed by atoms with Crippen molar-refractivity contribution in [2.24, 2.45) is 0 Å². The summed E-state index contributed by atoms with van der Waals surface area (Å²) in [5, 5.41) is 15.4. The van der Waals surface area contributed by atoms with Gasteiger partial charge in [0.05, 0.1) is 5.02 Å². The molecule has 6 nitrogen and oxygen atoms in total. The van der Waals surface area contributed by atoms with E-state index in [1.165, 1.54) is 18.2 Å². The van der Waals surface area contributed by atoms with E-state index in [0.717, 1.165) is 0 Å². The van der Waals surface area contributed by atoms with Gasteiger partial charge in [0.25, 0.3) is 11.8 Å². The maximum absolute atomic E-state index is 11.8. The number of phenols is 1. The van der Waals surface area contributed by atoms with Crippen LogP contribution in [0.3, 0.4) is 0 Å². The second-order valence-corrected chi connectivity index (χ2v) is 5.86. The molecule has 2 aromatic carbocycles. The SMILES string of the molecule is O=C(COc1ccc(Cl)cc1Cl)NCCNC(=O)c1cccc(O)c1. The minimum atomic E-state index is -0.349. The molecule has 0 fully saturated rings. The normalized spacial score (nSPS) is 10.2. The molecule has 0 radical (unpaired) electrons. The highest BCUT2D eigenvalue weighted by Crippen LogP contribution is 2.27. The molecule has 25 heavy (non-hydrogen) atoms. The summed E-state index contributed by atoms with van der Waals surface area (Å²) in [6.45, 7) is 0.269. The van der Waals surface area contributed by atoms with Gasteiger partial charge >= 0.3 is 0 Å². The summed E-state index contributed by atoms with van der Waals surface area (Å²) in [5.74, 6) is -0.315. The Morgan fingerprint density at radius 2 is 1.80 bits per heavy atom. The quantitative estimate of drug-likeness (QED) is 0.642. The average molecular weight is 383 g/mol. The fourth-order valence-corrected chi connectivity index (χ4v) is 2.38. The smallest absolute Gasteiger partial charge is 0.258 e. The Morgan fingerprint density at radius 3 is 2.52 bits per heavy atom. The Labute approximate surface area is 154 Å². The lowest BCUT2D eigenvalue weighted by molar-refractivity contribution is -0.123. The lowest BCUT2D eigenvalue weighted by atomic mass is 10.2. The van der Waals surface area contributed by atoms with Crippen molar-refractivity contribution >= 4 is 35.0 Å². The van der Waals surface area contributed by atoms with Crippen molar-refractivity contribution in [3.63, 3.8) is 0 Å². The Bertz CT molecular complexity index is 768. The Hall–Kier alpha value is -2.44. The van der Waals surface area contributed by atoms with E-state index in [4.69, 9.17) is 27.9 Å². The maximum atomic E-state index is 11.8. The second-order valence-electron chi connectivity index (χ2n) is 5.02. The number of aromatic hydroxyl groups is 1. The van der Waals surface area contributed by atoms with Crippen molar-refractivity contribution in [1.82, 2.24) is 10.6 Å². The van der Waals surface area contributed by atoms with Crippen molar-refractivity contribution < 1.29 is 19.4 Å². The Morgan fingerprint density at radius 1 is 1.04 bits per heavy atom. The number of carbonyl (C=O) groups excluding carboxylic acids is 2.